The lowest BCUT2D eigenvalue weighted by atomic mass is 9.92. The van der Waals surface area contributed by atoms with Crippen molar-refractivity contribution in [3.05, 3.63) is 65.5 Å². The summed E-state index contributed by atoms with van der Waals surface area (Å²) >= 11 is 0. The Morgan fingerprint density at radius 3 is 2.58 bits per heavy atom. The number of aryl methyl sites for hydroxylation is 2. The van der Waals surface area contributed by atoms with E-state index in [0.29, 0.717) is 25.5 Å². The zero-order chi connectivity index (χ0) is 18.6. The Hall–Kier alpha value is -2.20. The van der Waals surface area contributed by atoms with E-state index in [1.165, 1.54) is 11.1 Å². The van der Waals surface area contributed by atoms with Gasteiger partial charge in [-0.2, -0.15) is 0 Å². The summed E-state index contributed by atoms with van der Waals surface area (Å²) in [7, 11) is 0. The maximum atomic E-state index is 11.4. The number of unbranched alkanes of at least 4 members (excludes halogenated alkanes) is 1. The van der Waals surface area contributed by atoms with Crippen LogP contribution in [0.1, 0.15) is 55.2 Å². The molecule has 1 unspecified atom stereocenters. The number of carbonyl (C=O) groups is 1. The number of hydrogen-bond acceptors (Lipinski definition) is 4. The highest BCUT2D eigenvalue weighted by Gasteiger charge is 2.10. The van der Waals surface area contributed by atoms with Crippen LogP contribution in [-0.2, 0) is 22.4 Å². The van der Waals surface area contributed by atoms with Crippen molar-refractivity contribution in [1.29, 1.82) is 0 Å². The number of nitrogens with two attached hydrogens (primary N) is 1. The summed E-state index contributed by atoms with van der Waals surface area (Å²) in [5.41, 5.74) is 9.74. The summed E-state index contributed by atoms with van der Waals surface area (Å²) in [4.78, 5) is 15.6. The average Bonchev–Trinajstić information content (AvgIpc) is 2.68. The summed E-state index contributed by atoms with van der Waals surface area (Å²) in [6.07, 6.45) is 9.37. The van der Waals surface area contributed by atoms with E-state index < -0.39 is 0 Å². The number of aromatic nitrogens is 1. The van der Waals surface area contributed by atoms with Gasteiger partial charge in [0.15, 0.2) is 0 Å². The molecule has 0 bridgehead atoms. The van der Waals surface area contributed by atoms with Crippen LogP contribution in [0, 0.1) is 0 Å². The molecule has 2 N–H and O–H groups in total. The molecule has 0 aliphatic carbocycles. The van der Waals surface area contributed by atoms with Crippen molar-refractivity contribution in [1.82, 2.24) is 4.98 Å². The molecular weight excluding hydrogens is 324 g/mol. The van der Waals surface area contributed by atoms with Crippen molar-refractivity contribution >= 4 is 5.97 Å². The molecule has 140 valence electrons. The number of ether oxygens (including phenoxy) is 1. The molecule has 0 fully saturated rings. The van der Waals surface area contributed by atoms with Crippen LogP contribution in [0.2, 0.25) is 0 Å². The Morgan fingerprint density at radius 2 is 1.92 bits per heavy atom. The topological polar surface area (TPSA) is 65.2 Å². The molecule has 2 rings (SSSR count). The molecule has 4 heteroatoms. The number of rotatable bonds is 11. The first-order valence-corrected chi connectivity index (χ1v) is 9.56. The third-order valence-electron chi connectivity index (χ3n) is 4.65. The summed E-state index contributed by atoms with van der Waals surface area (Å²) in [6.45, 7) is 2.93. The minimum atomic E-state index is -0.134. The predicted molar refractivity (Wildman–Crippen MR) is 105 cm³/mol. The number of esters is 1. The predicted octanol–water partition coefficient (Wildman–Crippen LogP) is 4.03. The standard InChI is InChI=1S/C22H30N2O2/c1-2-26-22(25)14-11-18-9-12-20(13-10-18)21(16-23)8-4-3-6-19-7-5-15-24-17-19/h5,7,9-10,12-13,15,17,21H,2-4,6,8,11,14,16,23H2,1H3. The molecule has 2 aromatic rings. The molecule has 0 aliphatic rings. The first kappa shape index (κ1) is 20.1. The average molecular weight is 354 g/mol. The van der Waals surface area contributed by atoms with Gasteiger partial charge in [-0.3, -0.25) is 9.78 Å². The third kappa shape index (κ3) is 6.96. The molecule has 0 saturated heterocycles. The molecule has 26 heavy (non-hydrogen) atoms. The molecule has 0 amide bonds. The van der Waals surface area contributed by atoms with Gasteiger partial charge in [-0.05, 0) is 67.8 Å². The number of nitrogens with zero attached hydrogens (tertiary/aromatic N) is 1. The van der Waals surface area contributed by atoms with Crippen LogP contribution in [0.3, 0.4) is 0 Å². The Morgan fingerprint density at radius 1 is 1.12 bits per heavy atom. The van der Waals surface area contributed by atoms with Crippen LogP contribution in [0.25, 0.3) is 0 Å². The van der Waals surface area contributed by atoms with Crippen molar-refractivity contribution in [2.24, 2.45) is 5.73 Å². The van der Waals surface area contributed by atoms with E-state index in [-0.39, 0.29) is 5.97 Å². The van der Waals surface area contributed by atoms with Crippen molar-refractivity contribution in [3.63, 3.8) is 0 Å². The van der Waals surface area contributed by atoms with Gasteiger partial charge in [0.1, 0.15) is 0 Å². The zero-order valence-corrected chi connectivity index (χ0v) is 15.7. The summed E-state index contributed by atoms with van der Waals surface area (Å²) < 4.78 is 4.97. The summed E-state index contributed by atoms with van der Waals surface area (Å²) in [5.74, 6) is 0.257. The Balaban J connectivity index is 1.76. The molecule has 0 saturated carbocycles. The van der Waals surface area contributed by atoms with E-state index in [1.54, 1.807) is 0 Å². The highest BCUT2D eigenvalue weighted by atomic mass is 16.5. The lowest BCUT2D eigenvalue weighted by Crippen LogP contribution is -2.12. The minimum Gasteiger partial charge on any atom is -0.466 e. The monoisotopic (exact) mass is 354 g/mol. The van der Waals surface area contributed by atoms with Crippen LogP contribution in [-0.4, -0.2) is 24.1 Å². The van der Waals surface area contributed by atoms with Crippen LogP contribution < -0.4 is 5.73 Å². The maximum Gasteiger partial charge on any atom is 0.306 e. The second kappa shape index (κ2) is 11.4. The number of pyridine rings is 1. The molecule has 1 heterocycles. The van der Waals surface area contributed by atoms with Crippen molar-refractivity contribution in [2.45, 2.75) is 51.4 Å². The second-order valence-electron chi connectivity index (χ2n) is 6.59. The van der Waals surface area contributed by atoms with Gasteiger partial charge in [0.25, 0.3) is 0 Å². The fourth-order valence-corrected chi connectivity index (χ4v) is 3.12. The van der Waals surface area contributed by atoms with Gasteiger partial charge >= 0.3 is 5.97 Å². The van der Waals surface area contributed by atoms with E-state index in [9.17, 15) is 4.79 Å². The zero-order valence-electron chi connectivity index (χ0n) is 15.7. The summed E-state index contributed by atoms with van der Waals surface area (Å²) in [5, 5.41) is 0. The third-order valence-corrected chi connectivity index (χ3v) is 4.65. The fourth-order valence-electron chi connectivity index (χ4n) is 3.12. The quantitative estimate of drug-likeness (QED) is 0.489. The van der Waals surface area contributed by atoms with Gasteiger partial charge in [-0.15, -0.1) is 0 Å². The Kier molecular flexibility index (Phi) is 8.84. The molecule has 1 aromatic heterocycles. The minimum absolute atomic E-state index is 0.134. The van der Waals surface area contributed by atoms with E-state index in [1.807, 2.05) is 25.4 Å². The second-order valence-corrected chi connectivity index (χ2v) is 6.59. The Bertz CT molecular complexity index is 641. The molecule has 0 spiro atoms. The Labute approximate surface area is 156 Å². The van der Waals surface area contributed by atoms with Crippen molar-refractivity contribution < 1.29 is 9.53 Å². The SMILES string of the molecule is CCOC(=O)CCc1ccc(C(CN)CCCCc2cccnc2)cc1. The largest absolute Gasteiger partial charge is 0.466 e. The molecule has 0 aliphatic heterocycles. The van der Waals surface area contributed by atoms with E-state index in [2.05, 4.69) is 35.3 Å². The normalized spacial score (nSPS) is 11.9. The number of benzene rings is 1. The first-order chi connectivity index (χ1) is 12.7. The molecule has 1 aromatic carbocycles. The first-order valence-electron chi connectivity index (χ1n) is 9.56. The fraction of sp³-hybridized carbons (Fsp3) is 0.455. The lowest BCUT2D eigenvalue weighted by molar-refractivity contribution is -0.143. The number of hydrogen-bond donors (Lipinski definition) is 1. The van der Waals surface area contributed by atoms with Gasteiger partial charge in [0, 0.05) is 18.8 Å². The van der Waals surface area contributed by atoms with Gasteiger partial charge in [-0.25, -0.2) is 0 Å². The highest BCUT2D eigenvalue weighted by molar-refractivity contribution is 5.69. The maximum absolute atomic E-state index is 11.4. The van der Waals surface area contributed by atoms with Crippen LogP contribution in [0.5, 0.6) is 0 Å². The van der Waals surface area contributed by atoms with E-state index in [0.717, 1.165) is 37.7 Å². The van der Waals surface area contributed by atoms with Gasteiger partial charge in [0.05, 0.1) is 6.61 Å². The molecule has 4 nitrogen and oxygen atoms in total. The number of carbonyl (C=O) groups excluding carboxylic acids is 1. The van der Waals surface area contributed by atoms with Gasteiger partial charge in [0.2, 0.25) is 0 Å². The van der Waals surface area contributed by atoms with Crippen LogP contribution in [0.15, 0.2) is 48.8 Å². The van der Waals surface area contributed by atoms with E-state index >= 15 is 0 Å². The highest BCUT2D eigenvalue weighted by Crippen LogP contribution is 2.22. The van der Waals surface area contributed by atoms with Gasteiger partial charge < -0.3 is 10.5 Å². The van der Waals surface area contributed by atoms with Gasteiger partial charge in [-0.1, -0.05) is 36.8 Å². The summed E-state index contributed by atoms with van der Waals surface area (Å²) in [6, 6.07) is 12.6. The molecule has 1 atom stereocenters. The van der Waals surface area contributed by atoms with Crippen molar-refractivity contribution in [2.75, 3.05) is 13.2 Å². The van der Waals surface area contributed by atoms with Crippen LogP contribution >= 0.6 is 0 Å². The van der Waals surface area contributed by atoms with Crippen molar-refractivity contribution in [3.8, 4) is 0 Å². The molecular formula is C22H30N2O2. The molecule has 0 radical (unpaired) electrons. The van der Waals surface area contributed by atoms with E-state index in [4.69, 9.17) is 10.5 Å². The smallest absolute Gasteiger partial charge is 0.306 e. The lowest BCUT2D eigenvalue weighted by Gasteiger charge is -2.16. The van der Waals surface area contributed by atoms with Crippen LogP contribution in [0.4, 0.5) is 0 Å².